The highest BCUT2D eigenvalue weighted by Gasteiger charge is 2.28. The lowest BCUT2D eigenvalue weighted by molar-refractivity contribution is -0.146. The molecule has 5 heteroatoms. The first-order valence-corrected chi connectivity index (χ1v) is 7.17. The number of carbonyl (C=O) groups is 2. The van der Waals surface area contributed by atoms with Gasteiger partial charge < -0.3 is 14.5 Å². The molecule has 1 aliphatic heterocycles. The van der Waals surface area contributed by atoms with Crippen molar-refractivity contribution in [3.8, 4) is 0 Å². The molecule has 1 amide bonds. The molecule has 0 aliphatic carbocycles. The molecular weight excluding hydrogens is 268 g/mol. The fourth-order valence-electron chi connectivity index (χ4n) is 2.58. The molecule has 0 unspecified atom stereocenters. The van der Waals surface area contributed by atoms with Crippen molar-refractivity contribution in [2.24, 2.45) is 5.92 Å². The standard InChI is InChI=1S/C16H22N2O3/c1-17(2)14-6-4-5-13(11-14)15(19)18-9-7-12(8-10-18)16(20)21-3/h4-6,11-12H,7-10H2,1-3H3. The van der Waals surface area contributed by atoms with Crippen LogP contribution >= 0.6 is 0 Å². The van der Waals surface area contributed by atoms with Crippen LogP contribution < -0.4 is 4.90 Å². The zero-order chi connectivity index (χ0) is 15.4. The number of amides is 1. The van der Waals surface area contributed by atoms with Crippen LogP contribution in [0.2, 0.25) is 0 Å². The largest absolute Gasteiger partial charge is 0.469 e. The van der Waals surface area contributed by atoms with Gasteiger partial charge >= 0.3 is 5.97 Å². The van der Waals surface area contributed by atoms with E-state index in [4.69, 9.17) is 4.74 Å². The average Bonchev–Trinajstić information content (AvgIpc) is 2.53. The van der Waals surface area contributed by atoms with Gasteiger partial charge in [0, 0.05) is 38.4 Å². The van der Waals surface area contributed by atoms with Crippen molar-refractivity contribution in [3.63, 3.8) is 0 Å². The Hall–Kier alpha value is -2.04. The van der Waals surface area contributed by atoms with Gasteiger partial charge in [-0.2, -0.15) is 0 Å². The second-order valence-electron chi connectivity index (χ2n) is 5.53. The Bertz CT molecular complexity index is 520. The summed E-state index contributed by atoms with van der Waals surface area (Å²) in [6.07, 6.45) is 1.34. The number of methoxy groups -OCH3 is 1. The number of hydrogen-bond acceptors (Lipinski definition) is 4. The van der Waals surface area contributed by atoms with Crippen LogP contribution in [-0.4, -0.2) is 51.1 Å². The number of ether oxygens (including phenoxy) is 1. The summed E-state index contributed by atoms with van der Waals surface area (Å²) in [5.41, 5.74) is 1.70. The van der Waals surface area contributed by atoms with E-state index in [0.717, 1.165) is 5.69 Å². The number of hydrogen-bond donors (Lipinski definition) is 0. The van der Waals surface area contributed by atoms with Crippen LogP contribution in [0.15, 0.2) is 24.3 Å². The van der Waals surface area contributed by atoms with Gasteiger partial charge in [0.05, 0.1) is 13.0 Å². The van der Waals surface area contributed by atoms with E-state index in [0.29, 0.717) is 31.5 Å². The Morgan fingerprint density at radius 3 is 2.48 bits per heavy atom. The Kier molecular flexibility index (Phi) is 4.83. The van der Waals surface area contributed by atoms with Crippen molar-refractivity contribution >= 4 is 17.6 Å². The highest BCUT2D eigenvalue weighted by atomic mass is 16.5. The topological polar surface area (TPSA) is 49.9 Å². The molecule has 0 bridgehead atoms. The maximum Gasteiger partial charge on any atom is 0.308 e. The summed E-state index contributed by atoms with van der Waals surface area (Å²) in [5, 5.41) is 0. The van der Waals surface area contributed by atoms with Gasteiger partial charge in [-0.15, -0.1) is 0 Å². The minimum Gasteiger partial charge on any atom is -0.469 e. The third-order valence-electron chi connectivity index (χ3n) is 3.93. The summed E-state index contributed by atoms with van der Waals surface area (Å²) in [4.78, 5) is 27.8. The Morgan fingerprint density at radius 1 is 1.24 bits per heavy atom. The van der Waals surface area contributed by atoms with Crippen LogP contribution in [-0.2, 0) is 9.53 Å². The second-order valence-corrected chi connectivity index (χ2v) is 5.53. The smallest absolute Gasteiger partial charge is 0.308 e. The molecule has 1 saturated heterocycles. The average molecular weight is 290 g/mol. The molecule has 0 spiro atoms. The van der Waals surface area contributed by atoms with Crippen LogP contribution in [0, 0.1) is 5.92 Å². The first kappa shape index (κ1) is 15.4. The van der Waals surface area contributed by atoms with Crippen molar-refractivity contribution in [1.82, 2.24) is 4.90 Å². The fourth-order valence-corrected chi connectivity index (χ4v) is 2.58. The van der Waals surface area contributed by atoms with E-state index in [1.54, 1.807) is 0 Å². The van der Waals surface area contributed by atoms with Gasteiger partial charge in [-0.05, 0) is 31.0 Å². The van der Waals surface area contributed by atoms with Crippen LogP contribution in [0.1, 0.15) is 23.2 Å². The van der Waals surface area contributed by atoms with Crippen LogP contribution in [0.25, 0.3) is 0 Å². The molecule has 1 aromatic carbocycles. The highest BCUT2D eigenvalue weighted by Crippen LogP contribution is 2.21. The summed E-state index contributed by atoms with van der Waals surface area (Å²) >= 11 is 0. The number of anilines is 1. The number of likely N-dealkylation sites (tertiary alicyclic amines) is 1. The molecule has 2 rings (SSSR count). The lowest BCUT2D eigenvalue weighted by atomic mass is 9.96. The second kappa shape index (κ2) is 6.61. The van der Waals surface area contributed by atoms with Gasteiger partial charge in [0.25, 0.3) is 5.91 Å². The van der Waals surface area contributed by atoms with Gasteiger partial charge in [-0.3, -0.25) is 9.59 Å². The van der Waals surface area contributed by atoms with Crippen molar-refractivity contribution in [2.45, 2.75) is 12.8 Å². The van der Waals surface area contributed by atoms with Crippen molar-refractivity contribution < 1.29 is 14.3 Å². The Balaban J connectivity index is 2.02. The minimum atomic E-state index is -0.170. The lowest BCUT2D eigenvalue weighted by Gasteiger charge is -2.31. The van der Waals surface area contributed by atoms with Crippen LogP contribution in [0.5, 0.6) is 0 Å². The molecule has 1 heterocycles. The van der Waals surface area contributed by atoms with E-state index in [1.807, 2.05) is 48.2 Å². The molecule has 0 aromatic heterocycles. The monoisotopic (exact) mass is 290 g/mol. The van der Waals surface area contributed by atoms with Crippen molar-refractivity contribution in [1.29, 1.82) is 0 Å². The van der Waals surface area contributed by atoms with E-state index < -0.39 is 0 Å². The molecule has 21 heavy (non-hydrogen) atoms. The van der Waals surface area contributed by atoms with E-state index in [2.05, 4.69) is 0 Å². The number of nitrogens with zero attached hydrogens (tertiary/aromatic N) is 2. The molecular formula is C16H22N2O3. The molecule has 1 aliphatic rings. The third-order valence-corrected chi connectivity index (χ3v) is 3.93. The molecule has 0 saturated carbocycles. The van der Waals surface area contributed by atoms with Crippen molar-refractivity contribution in [2.75, 3.05) is 39.2 Å². The van der Waals surface area contributed by atoms with E-state index in [1.165, 1.54) is 7.11 Å². The summed E-state index contributed by atoms with van der Waals surface area (Å²) in [5.74, 6) is -0.217. The maximum absolute atomic E-state index is 12.5. The lowest BCUT2D eigenvalue weighted by Crippen LogP contribution is -2.40. The number of carbonyl (C=O) groups excluding carboxylic acids is 2. The molecule has 0 atom stereocenters. The van der Waals surface area contributed by atoms with Crippen LogP contribution in [0.4, 0.5) is 5.69 Å². The minimum absolute atomic E-state index is 0.0296. The summed E-state index contributed by atoms with van der Waals surface area (Å²) in [6, 6.07) is 7.60. The normalized spacial score (nSPS) is 15.7. The number of benzene rings is 1. The SMILES string of the molecule is COC(=O)C1CCN(C(=O)c2cccc(N(C)C)c2)CC1. The maximum atomic E-state index is 12.5. The van der Waals surface area contributed by atoms with Gasteiger partial charge in [-0.25, -0.2) is 0 Å². The molecule has 1 aromatic rings. The third kappa shape index (κ3) is 3.54. The number of rotatable bonds is 3. The first-order valence-electron chi connectivity index (χ1n) is 7.17. The van der Waals surface area contributed by atoms with Crippen molar-refractivity contribution in [3.05, 3.63) is 29.8 Å². The molecule has 5 nitrogen and oxygen atoms in total. The predicted molar refractivity (Wildman–Crippen MR) is 81.4 cm³/mol. The highest BCUT2D eigenvalue weighted by molar-refractivity contribution is 5.95. The molecule has 0 N–H and O–H groups in total. The molecule has 114 valence electrons. The van der Waals surface area contributed by atoms with E-state index in [-0.39, 0.29) is 17.8 Å². The zero-order valence-electron chi connectivity index (χ0n) is 12.8. The van der Waals surface area contributed by atoms with Gasteiger partial charge in [0.1, 0.15) is 0 Å². The predicted octanol–water partition coefficient (Wildman–Crippen LogP) is 1.78. The molecule has 1 fully saturated rings. The fraction of sp³-hybridized carbons (Fsp3) is 0.500. The Labute approximate surface area is 125 Å². The first-order chi connectivity index (χ1) is 10.0. The number of piperidine rings is 1. The summed E-state index contributed by atoms with van der Waals surface area (Å²) < 4.78 is 4.76. The van der Waals surface area contributed by atoms with Crippen LogP contribution in [0.3, 0.4) is 0 Å². The summed E-state index contributed by atoms with van der Waals surface area (Å²) in [6.45, 7) is 1.20. The zero-order valence-corrected chi connectivity index (χ0v) is 12.8. The van der Waals surface area contributed by atoms with Gasteiger partial charge in [-0.1, -0.05) is 6.07 Å². The van der Waals surface area contributed by atoms with E-state index in [9.17, 15) is 9.59 Å². The Morgan fingerprint density at radius 2 is 1.90 bits per heavy atom. The number of esters is 1. The quantitative estimate of drug-likeness (QED) is 0.796. The van der Waals surface area contributed by atoms with Gasteiger partial charge in [0.2, 0.25) is 0 Å². The summed E-state index contributed by atoms with van der Waals surface area (Å²) in [7, 11) is 5.31. The molecule has 0 radical (unpaired) electrons. The van der Waals surface area contributed by atoms with Gasteiger partial charge in [0.15, 0.2) is 0 Å². The van der Waals surface area contributed by atoms with E-state index >= 15 is 0 Å².